The van der Waals surface area contributed by atoms with Gasteiger partial charge in [-0.1, -0.05) is 116 Å². The lowest BCUT2D eigenvalue weighted by Gasteiger charge is -2.01. The molecule has 6 aromatic heterocycles. The molecule has 3 N–H and O–H groups in total. The van der Waals surface area contributed by atoms with Crippen LogP contribution in [0.4, 0.5) is 0 Å². The van der Waals surface area contributed by atoms with Crippen LogP contribution in [-0.4, -0.2) is 15.7 Å². The lowest BCUT2D eigenvalue weighted by Crippen LogP contribution is -2.19. The van der Waals surface area contributed by atoms with Gasteiger partial charge in [0.25, 0.3) is 0 Å². The van der Waals surface area contributed by atoms with Gasteiger partial charge in [-0.05, 0) is 130 Å². The second kappa shape index (κ2) is 23.8. The summed E-state index contributed by atoms with van der Waals surface area (Å²) in [5, 5.41) is 8.31. The first kappa shape index (κ1) is 48.4. The maximum atomic E-state index is 5.49. The normalized spacial score (nSPS) is 14.4. The largest absolute Gasteiger partial charge is 0.353 e. The van der Waals surface area contributed by atoms with Crippen molar-refractivity contribution in [1.82, 2.24) is 15.3 Å². The average molecular weight is 977 g/mol. The molecule has 0 aromatic carbocycles. The molecule has 354 valence electrons. The number of aryl methyl sites for hydroxylation is 4. The summed E-state index contributed by atoms with van der Waals surface area (Å²) in [5.74, 6) is 0. The maximum Gasteiger partial charge on any atom is 0.157 e. The molecule has 0 spiro atoms. The highest BCUT2D eigenvalue weighted by molar-refractivity contribution is 7.16. The molecule has 3 aliphatic heterocycles. The fourth-order valence-electron chi connectivity index (χ4n) is 9.60. The molecule has 4 nitrogen and oxygen atoms in total. The molecule has 0 saturated carbocycles. The number of H-pyrrole nitrogens is 2. The number of nitrogens with one attached hydrogen (secondary N) is 3. The van der Waals surface area contributed by atoms with Crippen LogP contribution in [-0.2, 0) is 25.7 Å². The monoisotopic (exact) mass is 975 g/mol. The first-order valence-corrected chi connectivity index (χ1v) is 29.4. The number of rotatable bonds is 24. The van der Waals surface area contributed by atoms with Gasteiger partial charge in [-0.25, -0.2) is 4.99 Å². The molecular formula is C60H71N4S4+. The van der Waals surface area contributed by atoms with Crippen molar-refractivity contribution in [3.8, 4) is 20.9 Å². The van der Waals surface area contributed by atoms with E-state index in [1.54, 1.807) is 0 Å². The number of nitrogens with zero attached hydrogens (tertiary/aromatic N) is 1. The van der Waals surface area contributed by atoms with Crippen molar-refractivity contribution in [3.63, 3.8) is 0 Å². The molecule has 3 aliphatic rings. The molecule has 8 bridgehead atoms. The minimum atomic E-state index is 0.980. The quantitative estimate of drug-likeness (QED) is 0.0411. The molecule has 0 radical (unpaired) electrons. The molecule has 6 aromatic rings. The number of aromatic amines is 2. The Kier molecular flexibility index (Phi) is 17.0. The van der Waals surface area contributed by atoms with Crippen molar-refractivity contribution < 1.29 is 0 Å². The smallest absolute Gasteiger partial charge is 0.157 e. The average Bonchev–Trinajstić information content (AvgIpc) is 4.19. The Labute approximate surface area is 421 Å². The van der Waals surface area contributed by atoms with Crippen molar-refractivity contribution in [3.05, 3.63) is 142 Å². The van der Waals surface area contributed by atoms with Gasteiger partial charge in [0.1, 0.15) is 21.5 Å². The summed E-state index contributed by atoms with van der Waals surface area (Å²) in [6.07, 6.45) is 38.9. The van der Waals surface area contributed by atoms with Crippen LogP contribution >= 0.6 is 45.3 Å². The number of allylic oxidation sites excluding steroid dienone is 3. The van der Waals surface area contributed by atoms with Gasteiger partial charge < -0.3 is 9.97 Å². The lowest BCUT2D eigenvalue weighted by atomic mass is 10.1. The molecule has 8 heteroatoms. The van der Waals surface area contributed by atoms with Crippen molar-refractivity contribution in [2.24, 2.45) is 4.99 Å². The van der Waals surface area contributed by atoms with Gasteiger partial charge in [0, 0.05) is 68.3 Å². The molecule has 0 unspecified atom stereocenters. The van der Waals surface area contributed by atoms with Gasteiger partial charge in [-0.2, -0.15) is 0 Å². The van der Waals surface area contributed by atoms with E-state index in [2.05, 4.69) is 140 Å². The predicted octanol–water partition coefficient (Wildman–Crippen LogP) is 15.2. The van der Waals surface area contributed by atoms with E-state index >= 15 is 0 Å². The molecule has 0 atom stereocenters. The van der Waals surface area contributed by atoms with Crippen LogP contribution in [0.3, 0.4) is 0 Å². The Balaban J connectivity index is 1.19. The van der Waals surface area contributed by atoms with Gasteiger partial charge in [-0.3, -0.25) is 5.32 Å². The third-order valence-electron chi connectivity index (χ3n) is 13.5. The number of hydrogen-bond donors (Lipinski definition) is 3. The summed E-state index contributed by atoms with van der Waals surface area (Å²) >= 11 is 7.78. The number of thiophene rings is 4. The first-order valence-electron chi connectivity index (χ1n) is 26.1. The Morgan fingerprint density at radius 1 is 0.485 bits per heavy atom. The highest BCUT2D eigenvalue weighted by Gasteiger charge is 2.30. The van der Waals surface area contributed by atoms with Crippen molar-refractivity contribution in [2.45, 2.75) is 156 Å². The van der Waals surface area contributed by atoms with Gasteiger partial charge in [-0.15, -0.1) is 34.0 Å². The van der Waals surface area contributed by atoms with Crippen molar-refractivity contribution in [1.29, 1.82) is 0 Å². The standard InChI is InChI=1S/C60H71N4S4/c1-5-9-13-17-21-41-25-33-57(65-41)45-37-53-54-38-46(58-34-26-42(66-58)22-18-14-10-6-2)51(62-54)31-32-52-48(60-36-28-44(68-60)24-20-16-12-8-4)40-56(64-52)55-39-47(50(63-55)30-29-49(45)61-53)59-35-27-43(67-59)23-19-15-11-7-3/h25-40,61-63H,5-24H2,1-4H3/q+1. The summed E-state index contributed by atoms with van der Waals surface area (Å²) in [7, 11) is 0. The Morgan fingerprint density at radius 2 is 0.941 bits per heavy atom. The SMILES string of the molecule is CCCCCCc1ccc(C2=CC3=c4cc(-c5ccc(CCCCCC)s5)c([nH]4)=CC=c4[nH]c(cc4-c4ccc(CCCCCC)s4)=C4[CH+]C(c5ccc(CCCCCC)s5)=C(C=CC2=N3)N4)s1. The zero-order valence-corrected chi connectivity index (χ0v) is 44.2. The molecule has 0 aliphatic carbocycles. The van der Waals surface area contributed by atoms with E-state index < -0.39 is 0 Å². The van der Waals surface area contributed by atoms with Crippen LogP contribution in [0.2, 0.25) is 0 Å². The van der Waals surface area contributed by atoms with E-state index in [4.69, 9.17) is 4.99 Å². The van der Waals surface area contributed by atoms with Crippen LogP contribution in [0.25, 0.3) is 55.6 Å². The van der Waals surface area contributed by atoms with Crippen molar-refractivity contribution in [2.75, 3.05) is 0 Å². The van der Waals surface area contributed by atoms with E-state index in [-0.39, 0.29) is 0 Å². The maximum absolute atomic E-state index is 5.49. The molecule has 9 rings (SSSR count). The minimum Gasteiger partial charge on any atom is -0.353 e. The van der Waals surface area contributed by atoms with Crippen LogP contribution in [0.1, 0.15) is 160 Å². The number of aliphatic imine (C=N–C) groups is 1. The lowest BCUT2D eigenvalue weighted by molar-refractivity contribution is 0.670. The topological polar surface area (TPSA) is 56.0 Å². The zero-order valence-electron chi connectivity index (χ0n) is 41.0. The summed E-state index contributed by atoms with van der Waals surface area (Å²) in [6.45, 7) is 9.16. The number of unbranched alkanes of at least 4 members (excludes halogenated alkanes) is 12. The van der Waals surface area contributed by atoms with Crippen LogP contribution in [0, 0.1) is 6.42 Å². The van der Waals surface area contributed by atoms with E-state index in [1.165, 1.54) is 164 Å². The summed E-state index contributed by atoms with van der Waals surface area (Å²) in [6, 6.07) is 23.5. The van der Waals surface area contributed by atoms with E-state index in [0.29, 0.717) is 0 Å². The molecule has 68 heavy (non-hydrogen) atoms. The molecule has 9 heterocycles. The minimum absolute atomic E-state index is 0.980. The van der Waals surface area contributed by atoms with Crippen LogP contribution in [0.5, 0.6) is 0 Å². The second-order valence-corrected chi connectivity index (χ2v) is 23.6. The number of fused-ring (bicyclic) bond motifs is 7. The Morgan fingerprint density at radius 3 is 1.47 bits per heavy atom. The predicted molar refractivity (Wildman–Crippen MR) is 301 cm³/mol. The highest BCUT2D eigenvalue weighted by Crippen LogP contribution is 2.38. The molecule has 0 saturated heterocycles. The molecular weight excluding hydrogens is 905 g/mol. The summed E-state index contributed by atoms with van der Waals surface area (Å²) in [5.41, 5.74) is 9.10. The highest BCUT2D eigenvalue weighted by atomic mass is 32.1. The second-order valence-electron chi connectivity index (χ2n) is 18.9. The zero-order chi connectivity index (χ0) is 46.7. The Bertz CT molecular complexity index is 3030. The summed E-state index contributed by atoms with van der Waals surface area (Å²) < 4.78 is 0. The van der Waals surface area contributed by atoms with Gasteiger partial charge >= 0.3 is 0 Å². The molecule has 0 fully saturated rings. The first-order chi connectivity index (χ1) is 33.5. The van der Waals surface area contributed by atoms with Gasteiger partial charge in [0.05, 0.1) is 28.5 Å². The summed E-state index contributed by atoms with van der Waals surface area (Å²) in [4.78, 5) is 24.4. The van der Waals surface area contributed by atoms with Gasteiger partial charge in [0.15, 0.2) is 5.70 Å². The van der Waals surface area contributed by atoms with Gasteiger partial charge in [0.2, 0.25) is 0 Å². The van der Waals surface area contributed by atoms with E-state index in [0.717, 1.165) is 69.9 Å². The molecule has 0 amide bonds. The third-order valence-corrected chi connectivity index (χ3v) is 18.3. The van der Waals surface area contributed by atoms with E-state index in [1.807, 2.05) is 45.3 Å². The van der Waals surface area contributed by atoms with Crippen LogP contribution < -0.4 is 26.7 Å². The fraction of sp³-hybridized carbons (Fsp3) is 0.400. The van der Waals surface area contributed by atoms with Crippen LogP contribution in [0.15, 0.2) is 89.6 Å². The number of hydrogen-bond acceptors (Lipinski definition) is 6. The number of aromatic nitrogens is 2. The van der Waals surface area contributed by atoms with Crippen molar-refractivity contribution >= 4 is 85.8 Å². The third kappa shape index (κ3) is 11.9. The fourth-order valence-corrected chi connectivity index (χ4v) is 13.9. The van der Waals surface area contributed by atoms with E-state index in [9.17, 15) is 0 Å². The Hall–Kier alpha value is -4.60.